The molecule has 2 aromatic rings. The lowest BCUT2D eigenvalue weighted by atomic mass is 9.75. The van der Waals surface area contributed by atoms with Crippen LogP contribution in [0.2, 0.25) is 0 Å². The van der Waals surface area contributed by atoms with Crippen LogP contribution in [0.1, 0.15) is 56.9 Å². The van der Waals surface area contributed by atoms with Crippen LogP contribution >= 0.6 is 0 Å². The Balaban J connectivity index is 1.91. The van der Waals surface area contributed by atoms with E-state index >= 15 is 0 Å². The predicted molar refractivity (Wildman–Crippen MR) is 102 cm³/mol. The highest BCUT2D eigenvalue weighted by Crippen LogP contribution is 2.38. The summed E-state index contributed by atoms with van der Waals surface area (Å²) in [6, 6.07) is 10.4. The minimum Gasteiger partial charge on any atom is -0.342 e. The summed E-state index contributed by atoms with van der Waals surface area (Å²) in [6.07, 6.45) is 3.07. The molecule has 4 nitrogen and oxygen atoms in total. The molecular formula is C21H27N3O. The molecule has 0 radical (unpaired) electrons. The lowest BCUT2D eigenvalue weighted by Crippen LogP contribution is -2.28. The van der Waals surface area contributed by atoms with Gasteiger partial charge in [-0.25, -0.2) is 0 Å². The summed E-state index contributed by atoms with van der Waals surface area (Å²) < 4.78 is 0. The number of carbonyl (C=O) groups is 1. The highest BCUT2D eigenvalue weighted by molar-refractivity contribution is 5.98. The molecule has 4 heteroatoms. The fraction of sp³-hybridized carbons (Fsp3) is 0.429. The van der Waals surface area contributed by atoms with Crippen LogP contribution in [0.25, 0.3) is 0 Å². The van der Waals surface area contributed by atoms with Crippen molar-refractivity contribution in [3.05, 3.63) is 58.4 Å². The lowest BCUT2D eigenvalue weighted by Gasteiger charge is -2.32. The van der Waals surface area contributed by atoms with E-state index < -0.39 is 0 Å². The van der Waals surface area contributed by atoms with Crippen molar-refractivity contribution in [3.8, 4) is 0 Å². The van der Waals surface area contributed by atoms with Gasteiger partial charge in [-0.1, -0.05) is 51.1 Å². The third-order valence-electron chi connectivity index (χ3n) is 4.92. The molecule has 1 aromatic heterocycles. The summed E-state index contributed by atoms with van der Waals surface area (Å²) in [6.45, 7) is 8.40. The van der Waals surface area contributed by atoms with Crippen LogP contribution in [0.15, 0.2) is 41.6 Å². The summed E-state index contributed by atoms with van der Waals surface area (Å²) in [4.78, 5) is 12.5. The maximum Gasteiger partial charge on any atom is 0.161 e. The number of ketones is 1. The number of anilines is 1. The van der Waals surface area contributed by atoms with Crippen molar-refractivity contribution in [3.63, 3.8) is 0 Å². The van der Waals surface area contributed by atoms with E-state index in [2.05, 4.69) is 53.6 Å². The number of aromatic nitrogens is 2. The highest BCUT2D eigenvalue weighted by Gasteiger charge is 2.32. The number of carbonyl (C=O) groups excluding carboxylic acids is 1. The number of benzene rings is 1. The Kier molecular flexibility index (Phi) is 4.80. The van der Waals surface area contributed by atoms with Crippen LogP contribution in [0.3, 0.4) is 0 Å². The fourth-order valence-corrected chi connectivity index (χ4v) is 3.60. The van der Waals surface area contributed by atoms with Gasteiger partial charge in [0.15, 0.2) is 11.6 Å². The zero-order chi connectivity index (χ0) is 18.0. The minimum atomic E-state index is -0.0109. The van der Waals surface area contributed by atoms with Gasteiger partial charge >= 0.3 is 0 Å². The van der Waals surface area contributed by atoms with Crippen LogP contribution in [0.5, 0.6) is 0 Å². The second-order valence-electron chi connectivity index (χ2n) is 7.71. The lowest BCUT2D eigenvalue weighted by molar-refractivity contribution is -0.118. The van der Waals surface area contributed by atoms with Gasteiger partial charge in [0.25, 0.3) is 0 Å². The predicted octanol–water partition coefficient (Wildman–Crippen LogP) is 4.77. The summed E-state index contributed by atoms with van der Waals surface area (Å²) in [5.41, 5.74) is 5.41. The Morgan fingerprint density at radius 1 is 1.20 bits per heavy atom. The van der Waals surface area contributed by atoms with Gasteiger partial charge < -0.3 is 5.32 Å². The Bertz CT molecular complexity index is 800. The molecule has 0 unspecified atom stereocenters. The molecule has 1 aliphatic carbocycles. The first kappa shape index (κ1) is 17.5. The number of hydrogen-bond acceptors (Lipinski definition) is 3. The summed E-state index contributed by atoms with van der Waals surface area (Å²) in [5.74, 6) is 1.10. The summed E-state index contributed by atoms with van der Waals surface area (Å²) in [5, 5.41) is 11.1. The number of rotatable bonds is 5. The van der Waals surface area contributed by atoms with E-state index in [1.165, 1.54) is 5.56 Å². The number of Topliss-reactive ketones (excluding diaryl/α,β-unsaturated/α-hetero) is 1. The summed E-state index contributed by atoms with van der Waals surface area (Å²) in [7, 11) is 0. The average molecular weight is 337 g/mol. The molecule has 3 rings (SSSR count). The molecule has 1 aliphatic rings. The molecular weight excluding hydrogens is 310 g/mol. The van der Waals surface area contributed by atoms with Crippen LogP contribution in [0, 0.1) is 12.3 Å². The first-order valence-corrected chi connectivity index (χ1v) is 8.99. The molecule has 0 atom stereocenters. The van der Waals surface area contributed by atoms with E-state index in [4.69, 9.17) is 0 Å². The quantitative estimate of drug-likeness (QED) is 0.826. The number of allylic oxidation sites excluding steroid dienone is 2. The number of aromatic amines is 1. The molecule has 0 saturated carbocycles. The number of H-pyrrole nitrogens is 1. The molecule has 132 valence electrons. The molecule has 0 spiro atoms. The standard InChI is InChI=1S/C21H27N3O/c1-5-16-18(12-21(3,4)13-19(16)25)22-20-17(14(2)23-24-20)11-15-9-7-6-8-10-15/h6-10H,5,11-13H2,1-4H3,(H2,22,23,24). The number of nitrogens with one attached hydrogen (secondary N) is 2. The molecule has 1 heterocycles. The van der Waals surface area contributed by atoms with Gasteiger partial charge in [0, 0.05) is 35.4 Å². The molecule has 0 amide bonds. The van der Waals surface area contributed by atoms with E-state index in [1.54, 1.807) is 0 Å². The van der Waals surface area contributed by atoms with Crippen molar-refractivity contribution in [1.29, 1.82) is 0 Å². The van der Waals surface area contributed by atoms with Crippen LogP contribution in [0.4, 0.5) is 5.82 Å². The van der Waals surface area contributed by atoms with Crippen LogP contribution in [-0.2, 0) is 11.2 Å². The smallest absolute Gasteiger partial charge is 0.161 e. The number of hydrogen-bond donors (Lipinski definition) is 2. The Labute approximate surface area is 149 Å². The largest absolute Gasteiger partial charge is 0.342 e. The van der Waals surface area contributed by atoms with E-state index in [0.717, 1.165) is 47.6 Å². The number of aryl methyl sites for hydroxylation is 1. The zero-order valence-corrected chi connectivity index (χ0v) is 15.6. The monoisotopic (exact) mass is 337 g/mol. The van der Waals surface area contributed by atoms with Gasteiger partial charge in [-0.05, 0) is 30.7 Å². The number of nitrogens with zero attached hydrogens (tertiary/aromatic N) is 1. The van der Waals surface area contributed by atoms with Crippen LogP contribution in [-0.4, -0.2) is 16.0 Å². The normalized spacial score (nSPS) is 17.0. The van der Waals surface area contributed by atoms with E-state index in [9.17, 15) is 4.79 Å². The minimum absolute atomic E-state index is 0.0109. The van der Waals surface area contributed by atoms with Crippen molar-refractivity contribution in [2.24, 2.45) is 5.41 Å². The van der Waals surface area contributed by atoms with Gasteiger partial charge in [0.2, 0.25) is 0 Å². The van der Waals surface area contributed by atoms with Crippen LogP contribution < -0.4 is 5.32 Å². The van der Waals surface area contributed by atoms with E-state index in [0.29, 0.717) is 6.42 Å². The topological polar surface area (TPSA) is 57.8 Å². The maximum absolute atomic E-state index is 12.5. The SMILES string of the molecule is CCC1=C(Nc2n[nH]c(C)c2Cc2ccccc2)CC(C)(C)CC1=O. The maximum atomic E-state index is 12.5. The summed E-state index contributed by atoms with van der Waals surface area (Å²) >= 11 is 0. The van der Waals surface area contributed by atoms with Gasteiger partial charge in [-0.3, -0.25) is 9.89 Å². The Morgan fingerprint density at radius 2 is 1.92 bits per heavy atom. The second-order valence-corrected chi connectivity index (χ2v) is 7.71. The van der Waals surface area contributed by atoms with Gasteiger partial charge in [0.05, 0.1) is 0 Å². The molecule has 0 fully saturated rings. The third kappa shape index (κ3) is 3.84. The van der Waals surface area contributed by atoms with Crippen molar-refractivity contribution in [1.82, 2.24) is 10.2 Å². The van der Waals surface area contributed by atoms with Gasteiger partial charge in [-0.15, -0.1) is 0 Å². The Morgan fingerprint density at radius 3 is 2.60 bits per heavy atom. The highest BCUT2D eigenvalue weighted by atomic mass is 16.1. The van der Waals surface area contributed by atoms with E-state index in [1.807, 2.05) is 19.9 Å². The van der Waals surface area contributed by atoms with Gasteiger partial charge in [0.1, 0.15) is 0 Å². The first-order chi connectivity index (χ1) is 11.9. The van der Waals surface area contributed by atoms with Crippen molar-refractivity contribution < 1.29 is 4.79 Å². The molecule has 1 aromatic carbocycles. The fourth-order valence-electron chi connectivity index (χ4n) is 3.60. The molecule has 2 N–H and O–H groups in total. The third-order valence-corrected chi connectivity index (χ3v) is 4.92. The average Bonchev–Trinajstić information content (AvgIpc) is 2.88. The van der Waals surface area contributed by atoms with Crippen molar-refractivity contribution in [2.45, 2.75) is 53.4 Å². The zero-order valence-electron chi connectivity index (χ0n) is 15.6. The Hall–Kier alpha value is -2.36. The molecule has 0 saturated heterocycles. The van der Waals surface area contributed by atoms with Crippen molar-refractivity contribution in [2.75, 3.05) is 5.32 Å². The van der Waals surface area contributed by atoms with E-state index in [-0.39, 0.29) is 11.2 Å². The second kappa shape index (κ2) is 6.87. The molecule has 0 bridgehead atoms. The molecule has 25 heavy (non-hydrogen) atoms. The van der Waals surface area contributed by atoms with Gasteiger partial charge in [-0.2, -0.15) is 5.10 Å². The first-order valence-electron chi connectivity index (χ1n) is 8.99. The van der Waals surface area contributed by atoms with Crippen molar-refractivity contribution >= 4 is 11.6 Å². The molecule has 0 aliphatic heterocycles.